The van der Waals surface area contributed by atoms with Crippen LogP contribution in [0.25, 0.3) is 0 Å². The number of hydrogen-bond acceptors (Lipinski definition) is 5. The van der Waals surface area contributed by atoms with Crippen LogP contribution in [0.5, 0.6) is 0 Å². The lowest BCUT2D eigenvalue weighted by Crippen LogP contribution is -2.44. The molecule has 0 spiro atoms. The van der Waals surface area contributed by atoms with Crippen molar-refractivity contribution < 1.29 is 0 Å². The van der Waals surface area contributed by atoms with E-state index in [1.54, 1.807) is 29.3 Å². The first-order valence-electron chi connectivity index (χ1n) is 6.59. The summed E-state index contributed by atoms with van der Waals surface area (Å²) in [4.78, 5) is 4.29. The topological polar surface area (TPSA) is 48.7 Å². The molecule has 2 aromatic rings. The zero-order chi connectivity index (χ0) is 13.8. The highest BCUT2D eigenvalue weighted by atomic mass is 32.2. The number of nitriles is 1. The molecule has 1 atom stereocenters. The van der Waals surface area contributed by atoms with Crippen LogP contribution in [0, 0.1) is 11.3 Å². The summed E-state index contributed by atoms with van der Waals surface area (Å²) in [7, 11) is 0. The predicted octanol–water partition coefficient (Wildman–Crippen LogP) is 3.41. The van der Waals surface area contributed by atoms with Gasteiger partial charge in [-0.05, 0) is 18.4 Å². The van der Waals surface area contributed by atoms with Gasteiger partial charge < -0.3 is 0 Å². The second-order valence-corrected chi connectivity index (χ2v) is 7.01. The Morgan fingerprint density at radius 2 is 2.20 bits per heavy atom. The SMILES string of the molecule is N#CC(CSc1nccs1)(NC1CC1)c1ccccc1. The number of thiazole rings is 1. The van der Waals surface area contributed by atoms with Crippen LogP contribution in [0.2, 0.25) is 0 Å². The van der Waals surface area contributed by atoms with E-state index in [-0.39, 0.29) is 0 Å². The molecule has 1 unspecified atom stereocenters. The minimum Gasteiger partial charge on any atom is -0.292 e. The van der Waals surface area contributed by atoms with Crippen LogP contribution < -0.4 is 5.32 Å². The van der Waals surface area contributed by atoms with Crippen LogP contribution in [0.15, 0.2) is 46.2 Å². The Bertz CT molecular complexity index is 587. The summed E-state index contributed by atoms with van der Waals surface area (Å²) < 4.78 is 1.01. The second kappa shape index (κ2) is 5.96. The van der Waals surface area contributed by atoms with Crippen molar-refractivity contribution in [2.24, 2.45) is 0 Å². The van der Waals surface area contributed by atoms with Crippen molar-refractivity contribution in [1.29, 1.82) is 5.26 Å². The zero-order valence-electron chi connectivity index (χ0n) is 11.0. The van der Waals surface area contributed by atoms with Gasteiger partial charge in [-0.25, -0.2) is 4.98 Å². The molecule has 0 aliphatic heterocycles. The number of aromatic nitrogens is 1. The fourth-order valence-electron chi connectivity index (χ4n) is 2.09. The standard InChI is InChI=1S/C15H15N3S2/c16-10-15(18-13-6-7-13,12-4-2-1-3-5-12)11-20-14-17-8-9-19-14/h1-5,8-9,13,18H,6-7,11H2. The maximum atomic E-state index is 9.79. The fraction of sp³-hybridized carbons (Fsp3) is 0.333. The van der Waals surface area contributed by atoms with E-state index in [2.05, 4.69) is 16.4 Å². The smallest absolute Gasteiger partial charge is 0.149 e. The van der Waals surface area contributed by atoms with Crippen LogP contribution in [0.1, 0.15) is 18.4 Å². The normalized spacial score (nSPS) is 17.4. The van der Waals surface area contributed by atoms with E-state index in [1.807, 2.05) is 35.7 Å². The Labute approximate surface area is 127 Å². The van der Waals surface area contributed by atoms with Gasteiger partial charge in [-0.15, -0.1) is 11.3 Å². The first-order valence-corrected chi connectivity index (χ1v) is 8.46. The molecule has 1 aromatic heterocycles. The van der Waals surface area contributed by atoms with Crippen LogP contribution in [0.3, 0.4) is 0 Å². The van der Waals surface area contributed by atoms with Crippen molar-refractivity contribution in [2.75, 3.05) is 5.75 Å². The Balaban J connectivity index is 1.83. The summed E-state index contributed by atoms with van der Waals surface area (Å²) >= 11 is 3.26. The van der Waals surface area contributed by atoms with E-state index in [0.717, 1.165) is 22.7 Å². The minimum absolute atomic E-state index is 0.478. The van der Waals surface area contributed by atoms with E-state index in [4.69, 9.17) is 0 Å². The van der Waals surface area contributed by atoms with Gasteiger partial charge in [-0.2, -0.15) is 5.26 Å². The number of thioether (sulfide) groups is 1. The molecule has 3 rings (SSSR count). The maximum absolute atomic E-state index is 9.79. The van der Waals surface area contributed by atoms with Crippen molar-refractivity contribution in [1.82, 2.24) is 10.3 Å². The van der Waals surface area contributed by atoms with Crippen molar-refractivity contribution in [2.45, 2.75) is 28.8 Å². The zero-order valence-corrected chi connectivity index (χ0v) is 12.6. The Morgan fingerprint density at radius 3 is 2.80 bits per heavy atom. The first-order chi connectivity index (χ1) is 9.82. The van der Waals surface area contributed by atoms with Gasteiger partial charge in [0.15, 0.2) is 0 Å². The number of rotatable bonds is 6. The van der Waals surface area contributed by atoms with Crippen LogP contribution in [0.4, 0.5) is 0 Å². The van der Waals surface area contributed by atoms with Crippen molar-refractivity contribution in [3.63, 3.8) is 0 Å². The molecule has 1 N–H and O–H groups in total. The number of benzene rings is 1. The van der Waals surface area contributed by atoms with Crippen molar-refractivity contribution in [3.8, 4) is 6.07 Å². The van der Waals surface area contributed by atoms with Crippen molar-refractivity contribution >= 4 is 23.1 Å². The second-order valence-electron chi connectivity index (χ2n) is 4.89. The molecule has 1 aromatic carbocycles. The van der Waals surface area contributed by atoms with E-state index in [9.17, 15) is 5.26 Å². The maximum Gasteiger partial charge on any atom is 0.149 e. The molecule has 0 saturated heterocycles. The van der Waals surface area contributed by atoms with Gasteiger partial charge in [0.05, 0.1) is 6.07 Å². The lowest BCUT2D eigenvalue weighted by atomic mass is 9.93. The number of nitrogens with one attached hydrogen (secondary N) is 1. The van der Waals surface area contributed by atoms with E-state index < -0.39 is 5.54 Å². The van der Waals surface area contributed by atoms with Gasteiger partial charge in [-0.3, -0.25) is 5.32 Å². The molecule has 1 fully saturated rings. The van der Waals surface area contributed by atoms with Crippen LogP contribution >= 0.6 is 23.1 Å². The average Bonchev–Trinajstić information content (AvgIpc) is 3.16. The van der Waals surface area contributed by atoms with Crippen molar-refractivity contribution in [3.05, 3.63) is 47.5 Å². The fourth-order valence-corrected chi connectivity index (χ4v) is 3.85. The monoisotopic (exact) mass is 301 g/mol. The van der Waals surface area contributed by atoms with Gasteiger partial charge >= 0.3 is 0 Å². The molecule has 20 heavy (non-hydrogen) atoms. The molecular weight excluding hydrogens is 286 g/mol. The molecule has 1 heterocycles. The largest absolute Gasteiger partial charge is 0.292 e. The molecule has 1 aliphatic rings. The molecule has 1 saturated carbocycles. The predicted molar refractivity (Wildman–Crippen MR) is 82.7 cm³/mol. The van der Waals surface area contributed by atoms with Gasteiger partial charge in [0, 0.05) is 23.4 Å². The lowest BCUT2D eigenvalue weighted by Gasteiger charge is -2.28. The van der Waals surface area contributed by atoms with Gasteiger partial charge in [0.2, 0.25) is 0 Å². The molecule has 102 valence electrons. The summed E-state index contributed by atoms with van der Waals surface area (Å²) in [5, 5.41) is 15.3. The van der Waals surface area contributed by atoms with E-state index in [0.29, 0.717) is 11.8 Å². The molecule has 0 amide bonds. The summed E-state index contributed by atoms with van der Waals surface area (Å²) in [5.74, 6) is 0.678. The van der Waals surface area contributed by atoms with Crippen LogP contribution in [-0.4, -0.2) is 16.8 Å². The third-order valence-electron chi connectivity index (χ3n) is 3.31. The molecular formula is C15H15N3S2. The van der Waals surface area contributed by atoms with Gasteiger partial charge in [-0.1, -0.05) is 42.1 Å². The number of nitrogens with zero attached hydrogens (tertiary/aromatic N) is 2. The summed E-state index contributed by atoms with van der Waals surface area (Å²) in [6.45, 7) is 0. The molecule has 3 nitrogen and oxygen atoms in total. The summed E-state index contributed by atoms with van der Waals surface area (Å²) in [6, 6.07) is 13.0. The van der Waals surface area contributed by atoms with Gasteiger partial charge in [0.1, 0.15) is 9.88 Å². The first kappa shape index (κ1) is 13.6. The minimum atomic E-state index is -0.626. The number of hydrogen-bond donors (Lipinski definition) is 1. The lowest BCUT2D eigenvalue weighted by molar-refractivity contribution is 0.470. The molecule has 0 radical (unpaired) electrons. The molecule has 0 bridgehead atoms. The highest BCUT2D eigenvalue weighted by Crippen LogP contribution is 2.34. The third-order valence-corrected chi connectivity index (χ3v) is 5.44. The van der Waals surface area contributed by atoms with E-state index in [1.165, 1.54) is 0 Å². The Morgan fingerprint density at radius 1 is 1.40 bits per heavy atom. The summed E-state index contributed by atoms with van der Waals surface area (Å²) in [5.41, 5.74) is 0.414. The summed E-state index contributed by atoms with van der Waals surface area (Å²) in [6.07, 6.45) is 4.13. The quantitative estimate of drug-likeness (QED) is 0.831. The van der Waals surface area contributed by atoms with E-state index >= 15 is 0 Å². The Kier molecular flexibility index (Phi) is 4.06. The average molecular weight is 301 g/mol. The highest BCUT2D eigenvalue weighted by Gasteiger charge is 2.38. The molecule has 1 aliphatic carbocycles. The third kappa shape index (κ3) is 3.04. The van der Waals surface area contributed by atoms with Crippen LogP contribution in [-0.2, 0) is 5.54 Å². The highest BCUT2D eigenvalue weighted by molar-refractivity contribution is 8.01. The Hall–Kier alpha value is -1.35. The van der Waals surface area contributed by atoms with Gasteiger partial charge in [0.25, 0.3) is 0 Å². The molecule has 5 heteroatoms.